The van der Waals surface area contributed by atoms with Crippen LogP contribution in [0.4, 0.5) is 36.4 Å². The third kappa shape index (κ3) is 4.20. The van der Waals surface area contributed by atoms with E-state index in [1.54, 1.807) is 0 Å². The summed E-state index contributed by atoms with van der Waals surface area (Å²) >= 11 is 0. The molecule has 3 rings (SSSR count). The Morgan fingerprint density at radius 1 is 1.22 bits per heavy atom. The lowest BCUT2D eigenvalue weighted by Gasteiger charge is -2.32. The Morgan fingerprint density at radius 2 is 1.91 bits per heavy atom. The lowest BCUT2D eigenvalue weighted by Crippen LogP contribution is -2.47. The zero-order valence-corrected chi connectivity index (χ0v) is 16.5. The molecule has 1 aliphatic heterocycles. The van der Waals surface area contributed by atoms with Gasteiger partial charge in [0.25, 0.3) is 5.91 Å². The Balaban J connectivity index is 2.11. The van der Waals surface area contributed by atoms with E-state index >= 15 is 0 Å². The number of aromatic nitrogens is 2. The molecule has 0 unspecified atom stereocenters. The van der Waals surface area contributed by atoms with Crippen LogP contribution in [0.5, 0.6) is 5.75 Å². The summed E-state index contributed by atoms with van der Waals surface area (Å²) < 4.78 is 104. The number of hydrogen-bond donors (Lipinski definition) is 1. The minimum absolute atomic E-state index is 0.0648. The summed E-state index contributed by atoms with van der Waals surface area (Å²) in [5.41, 5.74) is -3.42. The molecule has 1 aliphatic rings. The van der Waals surface area contributed by atoms with Gasteiger partial charge in [-0.25, -0.2) is 4.39 Å². The van der Waals surface area contributed by atoms with Crippen LogP contribution < -0.4 is 10.1 Å². The van der Waals surface area contributed by atoms with E-state index in [1.807, 2.05) is 0 Å². The first-order chi connectivity index (χ1) is 14.9. The number of hydrogen-bond acceptors (Lipinski definition) is 5. The molecule has 1 aromatic carbocycles. The molecular formula is C19H16F7N3O3. The van der Waals surface area contributed by atoms with Gasteiger partial charge < -0.3 is 14.8 Å². The van der Waals surface area contributed by atoms with Crippen LogP contribution in [0, 0.1) is 17.6 Å². The summed E-state index contributed by atoms with van der Waals surface area (Å²) in [5.74, 6) is -8.98. The number of amides is 1. The van der Waals surface area contributed by atoms with E-state index < -0.39 is 65.2 Å². The highest BCUT2D eigenvalue weighted by Crippen LogP contribution is 2.55. The number of anilines is 1. The Labute approximate surface area is 176 Å². The van der Waals surface area contributed by atoms with E-state index in [4.69, 9.17) is 4.74 Å². The number of ether oxygens (including phenoxy) is 2. The van der Waals surface area contributed by atoms with E-state index in [2.05, 4.69) is 20.3 Å². The van der Waals surface area contributed by atoms with Crippen LogP contribution in [0.3, 0.4) is 0 Å². The molecule has 174 valence electrons. The Kier molecular flexibility index (Phi) is 6.31. The van der Waals surface area contributed by atoms with Gasteiger partial charge in [-0.3, -0.25) is 4.79 Å². The monoisotopic (exact) mass is 467 g/mol. The number of alkyl halides is 5. The summed E-state index contributed by atoms with van der Waals surface area (Å²) in [6, 6.07) is 2.63. The van der Waals surface area contributed by atoms with Crippen molar-refractivity contribution in [1.82, 2.24) is 10.2 Å². The molecule has 0 aliphatic carbocycles. The molecule has 2 aromatic rings. The minimum atomic E-state index is -4.99. The van der Waals surface area contributed by atoms with E-state index in [0.29, 0.717) is 13.0 Å². The van der Waals surface area contributed by atoms with Gasteiger partial charge in [0.2, 0.25) is 5.82 Å². The van der Waals surface area contributed by atoms with Crippen molar-refractivity contribution in [2.75, 3.05) is 5.32 Å². The van der Waals surface area contributed by atoms with Crippen molar-refractivity contribution in [3.63, 3.8) is 0 Å². The molecule has 1 N–H and O–H groups in total. The van der Waals surface area contributed by atoms with Gasteiger partial charge in [0, 0.05) is 17.4 Å². The molecule has 1 amide bonds. The molecular weight excluding hydrogens is 451 g/mol. The lowest BCUT2D eigenvalue weighted by molar-refractivity contribution is -0.272. The molecule has 1 fully saturated rings. The number of carbonyl (C=O) groups is 1. The fourth-order valence-corrected chi connectivity index (χ4v) is 3.62. The van der Waals surface area contributed by atoms with Gasteiger partial charge in [-0.2, -0.15) is 36.5 Å². The van der Waals surface area contributed by atoms with E-state index in [-0.39, 0.29) is 5.69 Å². The van der Waals surface area contributed by atoms with Crippen LogP contribution in [0.2, 0.25) is 0 Å². The van der Waals surface area contributed by atoms with Crippen molar-refractivity contribution >= 4 is 11.6 Å². The maximum atomic E-state index is 14.3. The first-order valence-corrected chi connectivity index (χ1v) is 9.11. The van der Waals surface area contributed by atoms with Crippen molar-refractivity contribution in [3.05, 3.63) is 47.8 Å². The Morgan fingerprint density at radius 3 is 2.47 bits per heavy atom. The first-order valence-electron chi connectivity index (χ1n) is 9.11. The second-order valence-corrected chi connectivity index (χ2v) is 7.24. The molecule has 4 atom stereocenters. The topological polar surface area (TPSA) is 73.3 Å². The normalized spacial score (nSPS) is 25.8. The maximum absolute atomic E-state index is 14.3. The van der Waals surface area contributed by atoms with Crippen molar-refractivity contribution in [3.8, 4) is 5.75 Å². The molecule has 1 saturated heterocycles. The predicted molar refractivity (Wildman–Crippen MR) is 94.9 cm³/mol. The third-order valence-electron chi connectivity index (χ3n) is 5.43. The van der Waals surface area contributed by atoms with Gasteiger partial charge in [-0.05, 0) is 19.1 Å². The fraction of sp³-hybridized carbons (Fsp3) is 0.421. The second kappa shape index (κ2) is 8.52. The second-order valence-electron chi connectivity index (χ2n) is 7.24. The summed E-state index contributed by atoms with van der Waals surface area (Å²) in [6.45, 7) is -1.86. The highest BCUT2D eigenvalue weighted by atomic mass is 19.4. The fourth-order valence-electron chi connectivity index (χ4n) is 3.62. The largest absolute Gasteiger partial charge is 0.431 e. The Hall–Kier alpha value is -2.96. The van der Waals surface area contributed by atoms with Gasteiger partial charge >= 0.3 is 12.8 Å². The number of nitrogens with zero attached hydrogens (tertiary/aromatic N) is 2. The predicted octanol–water partition coefficient (Wildman–Crippen LogP) is 4.43. The maximum Gasteiger partial charge on any atom is 0.417 e. The van der Waals surface area contributed by atoms with Crippen molar-refractivity contribution in [2.24, 2.45) is 5.92 Å². The quantitative estimate of drug-likeness (QED) is 0.659. The molecule has 32 heavy (non-hydrogen) atoms. The molecule has 0 bridgehead atoms. The summed E-state index contributed by atoms with van der Waals surface area (Å²) in [5, 5.41) is 9.29. The molecule has 2 heterocycles. The van der Waals surface area contributed by atoms with Crippen LogP contribution in [-0.4, -0.2) is 40.6 Å². The highest BCUT2D eigenvalue weighted by molar-refractivity contribution is 5.95. The molecule has 0 radical (unpaired) electrons. The third-order valence-corrected chi connectivity index (χ3v) is 5.43. The van der Waals surface area contributed by atoms with Crippen LogP contribution in [0.25, 0.3) is 0 Å². The first kappa shape index (κ1) is 23.7. The van der Waals surface area contributed by atoms with Crippen molar-refractivity contribution in [2.45, 2.75) is 44.3 Å². The molecule has 0 spiro atoms. The van der Waals surface area contributed by atoms with E-state index in [1.165, 1.54) is 12.3 Å². The Bertz CT molecular complexity index is 990. The summed E-state index contributed by atoms with van der Waals surface area (Å²) in [6.07, 6.45) is -4.60. The summed E-state index contributed by atoms with van der Waals surface area (Å²) in [4.78, 5) is 12.8. The minimum Gasteiger partial charge on any atom is -0.431 e. The van der Waals surface area contributed by atoms with E-state index in [0.717, 1.165) is 19.2 Å². The number of halogens is 7. The van der Waals surface area contributed by atoms with Gasteiger partial charge in [0.05, 0.1) is 18.1 Å². The smallest absolute Gasteiger partial charge is 0.417 e. The molecule has 6 nitrogen and oxygen atoms in total. The molecule has 0 saturated carbocycles. The summed E-state index contributed by atoms with van der Waals surface area (Å²) in [7, 11) is 0. The number of rotatable bonds is 5. The SMILES string of the molecule is C[C@H]1[C@@H](c2ccc(F)c(F)c2OC(F)F)[C@H](C(=O)Nc2ccnnc2)O[C@@]1(C)C(F)(F)F. The number of nitrogens with one attached hydrogen (secondary N) is 1. The zero-order valence-electron chi connectivity index (χ0n) is 16.5. The van der Waals surface area contributed by atoms with Crippen LogP contribution in [-0.2, 0) is 9.53 Å². The van der Waals surface area contributed by atoms with Gasteiger partial charge in [-0.1, -0.05) is 13.0 Å². The molecule has 1 aromatic heterocycles. The average molecular weight is 467 g/mol. The molecule has 13 heteroatoms. The standard InChI is InChI=1S/C19H16F7N3O3/c1-8-12(10-3-4-11(20)13(21)14(10)31-17(22)23)15(32-18(8,2)19(24,25)26)16(30)29-9-5-6-27-28-7-9/h3-8,12,15,17H,1-2H3,(H,27,29,30)/t8-,12-,15+,18+/m0/s1. The van der Waals surface area contributed by atoms with Gasteiger partial charge in [0.15, 0.2) is 17.2 Å². The van der Waals surface area contributed by atoms with Crippen molar-refractivity contribution in [1.29, 1.82) is 0 Å². The highest BCUT2D eigenvalue weighted by Gasteiger charge is 2.66. The zero-order chi connectivity index (χ0) is 23.8. The van der Waals surface area contributed by atoms with Crippen molar-refractivity contribution < 1.29 is 45.0 Å². The van der Waals surface area contributed by atoms with Crippen LogP contribution >= 0.6 is 0 Å². The number of carbonyl (C=O) groups excluding carboxylic acids is 1. The van der Waals surface area contributed by atoms with Crippen LogP contribution in [0.15, 0.2) is 30.6 Å². The van der Waals surface area contributed by atoms with E-state index in [9.17, 15) is 35.5 Å². The van der Waals surface area contributed by atoms with Gasteiger partial charge in [0.1, 0.15) is 6.10 Å². The number of benzene rings is 1. The average Bonchev–Trinajstić information content (AvgIpc) is 2.99. The lowest BCUT2D eigenvalue weighted by atomic mass is 9.77. The van der Waals surface area contributed by atoms with Crippen LogP contribution in [0.1, 0.15) is 25.3 Å². The van der Waals surface area contributed by atoms with Gasteiger partial charge in [-0.15, -0.1) is 0 Å².